The van der Waals surface area contributed by atoms with Gasteiger partial charge < -0.3 is 15.4 Å². The van der Waals surface area contributed by atoms with Gasteiger partial charge in [-0.1, -0.05) is 6.92 Å². The SMILES string of the molecule is CCOc1ccc(C(=O)N2CCC(N)C(C)C2)cc1.Cl. The van der Waals surface area contributed by atoms with Crippen LogP contribution in [0, 0.1) is 5.92 Å². The molecule has 2 rings (SSSR count). The smallest absolute Gasteiger partial charge is 0.253 e. The van der Waals surface area contributed by atoms with E-state index in [4.69, 9.17) is 10.5 Å². The molecule has 1 heterocycles. The molecule has 0 aromatic heterocycles. The van der Waals surface area contributed by atoms with Crippen molar-refractivity contribution in [1.29, 1.82) is 0 Å². The number of benzene rings is 1. The van der Waals surface area contributed by atoms with Gasteiger partial charge >= 0.3 is 0 Å². The molecule has 2 atom stereocenters. The topological polar surface area (TPSA) is 55.6 Å². The lowest BCUT2D eigenvalue weighted by molar-refractivity contribution is 0.0664. The first-order chi connectivity index (χ1) is 9.11. The highest BCUT2D eigenvalue weighted by Crippen LogP contribution is 2.19. The minimum absolute atomic E-state index is 0. The molecule has 1 aliphatic heterocycles. The predicted molar refractivity (Wildman–Crippen MR) is 82.5 cm³/mol. The van der Waals surface area contributed by atoms with Gasteiger partial charge in [-0.2, -0.15) is 0 Å². The molecule has 1 saturated heterocycles. The van der Waals surface area contributed by atoms with Crippen molar-refractivity contribution in [3.63, 3.8) is 0 Å². The summed E-state index contributed by atoms with van der Waals surface area (Å²) in [5, 5.41) is 0. The molecular formula is C15H23ClN2O2. The predicted octanol–water partition coefficient (Wildman–Crippen LogP) is 2.32. The average molecular weight is 299 g/mol. The number of piperidine rings is 1. The van der Waals surface area contributed by atoms with Gasteiger partial charge in [-0.3, -0.25) is 4.79 Å². The van der Waals surface area contributed by atoms with Crippen molar-refractivity contribution in [2.45, 2.75) is 26.3 Å². The van der Waals surface area contributed by atoms with Gasteiger partial charge in [0.25, 0.3) is 5.91 Å². The molecule has 1 aromatic rings. The van der Waals surface area contributed by atoms with Crippen LogP contribution in [-0.2, 0) is 0 Å². The number of halogens is 1. The number of carbonyl (C=O) groups excluding carboxylic acids is 1. The van der Waals surface area contributed by atoms with E-state index in [0.717, 1.165) is 25.3 Å². The Balaban J connectivity index is 0.00000200. The summed E-state index contributed by atoms with van der Waals surface area (Å²) in [5.74, 6) is 1.25. The number of likely N-dealkylation sites (tertiary alicyclic amines) is 1. The molecular weight excluding hydrogens is 276 g/mol. The van der Waals surface area contributed by atoms with Gasteiger partial charge in [-0.25, -0.2) is 0 Å². The number of amides is 1. The summed E-state index contributed by atoms with van der Waals surface area (Å²) in [5.41, 5.74) is 6.69. The molecule has 4 nitrogen and oxygen atoms in total. The Bertz CT molecular complexity index is 436. The van der Waals surface area contributed by atoms with Crippen molar-refractivity contribution in [2.24, 2.45) is 11.7 Å². The van der Waals surface area contributed by atoms with Crippen LogP contribution in [0.5, 0.6) is 5.75 Å². The Morgan fingerprint density at radius 2 is 2.05 bits per heavy atom. The molecule has 1 aliphatic rings. The highest BCUT2D eigenvalue weighted by molar-refractivity contribution is 5.94. The fraction of sp³-hybridized carbons (Fsp3) is 0.533. The van der Waals surface area contributed by atoms with Crippen LogP contribution in [-0.4, -0.2) is 36.5 Å². The lowest BCUT2D eigenvalue weighted by Crippen LogP contribution is -2.48. The lowest BCUT2D eigenvalue weighted by atomic mass is 9.94. The third kappa shape index (κ3) is 3.87. The van der Waals surface area contributed by atoms with Crippen LogP contribution in [0.3, 0.4) is 0 Å². The molecule has 112 valence electrons. The highest BCUT2D eigenvalue weighted by atomic mass is 35.5. The van der Waals surface area contributed by atoms with Crippen LogP contribution in [0.25, 0.3) is 0 Å². The highest BCUT2D eigenvalue weighted by Gasteiger charge is 2.26. The standard InChI is InChI=1S/C15H22N2O2.ClH/c1-3-19-13-6-4-12(5-7-13)15(18)17-9-8-14(16)11(2)10-17;/h4-7,11,14H,3,8-10,16H2,1-2H3;1H. The number of hydrogen-bond acceptors (Lipinski definition) is 3. The Morgan fingerprint density at radius 3 is 2.60 bits per heavy atom. The van der Waals surface area contributed by atoms with E-state index in [0.29, 0.717) is 18.1 Å². The van der Waals surface area contributed by atoms with Crippen molar-refractivity contribution < 1.29 is 9.53 Å². The maximum atomic E-state index is 12.4. The number of hydrogen-bond donors (Lipinski definition) is 1. The molecule has 2 N–H and O–H groups in total. The van der Waals surface area contributed by atoms with Crippen molar-refractivity contribution in [3.8, 4) is 5.75 Å². The molecule has 1 fully saturated rings. The number of nitrogens with zero attached hydrogens (tertiary/aromatic N) is 1. The maximum Gasteiger partial charge on any atom is 0.253 e. The van der Waals surface area contributed by atoms with Gasteiger partial charge in [0.2, 0.25) is 0 Å². The molecule has 0 bridgehead atoms. The van der Waals surface area contributed by atoms with Gasteiger partial charge in [0.15, 0.2) is 0 Å². The van der Waals surface area contributed by atoms with Crippen LogP contribution in [0.4, 0.5) is 0 Å². The summed E-state index contributed by atoms with van der Waals surface area (Å²) < 4.78 is 5.38. The number of ether oxygens (including phenoxy) is 1. The van der Waals surface area contributed by atoms with Crippen molar-refractivity contribution in [2.75, 3.05) is 19.7 Å². The van der Waals surface area contributed by atoms with Crippen molar-refractivity contribution >= 4 is 18.3 Å². The fourth-order valence-electron chi connectivity index (χ4n) is 2.39. The zero-order chi connectivity index (χ0) is 13.8. The van der Waals surface area contributed by atoms with Crippen molar-refractivity contribution in [3.05, 3.63) is 29.8 Å². The molecule has 0 saturated carbocycles. The van der Waals surface area contributed by atoms with E-state index in [9.17, 15) is 4.79 Å². The molecule has 1 aromatic carbocycles. The first-order valence-electron chi connectivity index (χ1n) is 6.89. The Kier molecular flexibility index (Phi) is 6.30. The number of carbonyl (C=O) groups is 1. The third-order valence-electron chi connectivity index (χ3n) is 3.67. The second-order valence-electron chi connectivity index (χ2n) is 5.14. The second-order valence-corrected chi connectivity index (χ2v) is 5.14. The fourth-order valence-corrected chi connectivity index (χ4v) is 2.39. The first kappa shape index (κ1) is 16.8. The number of rotatable bonds is 3. The molecule has 5 heteroatoms. The molecule has 2 unspecified atom stereocenters. The van der Waals surface area contributed by atoms with Crippen molar-refractivity contribution in [1.82, 2.24) is 4.90 Å². The normalized spacial score (nSPS) is 22.1. The van der Waals surface area contributed by atoms with Gasteiger partial charge in [0, 0.05) is 24.7 Å². The molecule has 0 spiro atoms. The van der Waals surface area contributed by atoms with E-state index in [2.05, 4.69) is 6.92 Å². The monoisotopic (exact) mass is 298 g/mol. The van der Waals surface area contributed by atoms with E-state index in [1.807, 2.05) is 36.1 Å². The van der Waals surface area contributed by atoms with Crippen LogP contribution in [0.15, 0.2) is 24.3 Å². The Hall–Kier alpha value is -1.26. The molecule has 0 radical (unpaired) electrons. The van der Waals surface area contributed by atoms with E-state index in [1.54, 1.807) is 0 Å². The maximum absolute atomic E-state index is 12.4. The summed E-state index contributed by atoms with van der Waals surface area (Å²) >= 11 is 0. The average Bonchev–Trinajstić information content (AvgIpc) is 2.42. The zero-order valence-corrected chi connectivity index (χ0v) is 12.9. The van der Waals surface area contributed by atoms with E-state index in [1.165, 1.54) is 0 Å². The quantitative estimate of drug-likeness (QED) is 0.932. The Morgan fingerprint density at radius 1 is 1.40 bits per heavy atom. The third-order valence-corrected chi connectivity index (χ3v) is 3.67. The van der Waals surface area contributed by atoms with Crippen LogP contribution >= 0.6 is 12.4 Å². The van der Waals surface area contributed by atoms with Crippen LogP contribution in [0.2, 0.25) is 0 Å². The molecule has 0 aliphatic carbocycles. The van der Waals surface area contributed by atoms with E-state index < -0.39 is 0 Å². The summed E-state index contributed by atoms with van der Waals surface area (Å²) in [6.45, 7) is 6.17. The minimum atomic E-state index is 0. The Labute approximate surface area is 126 Å². The van der Waals surface area contributed by atoms with Gasteiger partial charge in [0.05, 0.1) is 6.61 Å². The number of nitrogens with two attached hydrogens (primary N) is 1. The minimum Gasteiger partial charge on any atom is -0.494 e. The summed E-state index contributed by atoms with van der Waals surface area (Å²) in [4.78, 5) is 14.3. The van der Waals surface area contributed by atoms with Crippen LogP contribution < -0.4 is 10.5 Å². The molecule has 1 amide bonds. The van der Waals surface area contributed by atoms with Gasteiger partial charge in [0.1, 0.15) is 5.75 Å². The zero-order valence-electron chi connectivity index (χ0n) is 12.0. The molecule has 20 heavy (non-hydrogen) atoms. The summed E-state index contributed by atoms with van der Waals surface area (Å²) in [7, 11) is 0. The van der Waals surface area contributed by atoms with E-state index >= 15 is 0 Å². The van der Waals surface area contributed by atoms with Gasteiger partial charge in [-0.05, 0) is 43.5 Å². The lowest BCUT2D eigenvalue weighted by Gasteiger charge is -2.35. The second kappa shape index (κ2) is 7.50. The largest absolute Gasteiger partial charge is 0.494 e. The summed E-state index contributed by atoms with van der Waals surface area (Å²) in [6.07, 6.45) is 0.879. The first-order valence-corrected chi connectivity index (χ1v) is 6.89. The van der Waals surface area contributed by atoms with E-state index in [-0.39, 0.29) is 24.4 Å². The summed E-state index contributed by atoms with van der Waals surface area (Å²) in [6, 6.07) is 7.55. The van der Waals surface area contributed by atoms with Crippen LogP contribution in [0.1, 0.15) is 30.6 Å². The van der Waals surface area contributed by atoms with Gasteiger partial charge in [-0.15, -0.1) is 12.4 Å².